The van der Waals surface area contributed by atoms with Crippen LogP contribution in [0.15, 0.2) is 60.9 Å². The zero-order chi connectivity index (χ0) is 26.4. The van der Waals surface area contributed by atoms with Gasteiger partial charge in [0.15, 0.2) is 0 Å². The molecule has 1 saturated heterocycles. The van der Waals surface area contributed by atoms with Crippen LogP contribution < -0.4 is 10.2 Å². The third kappa shape index (κ3) is 4.13. The lowest BCUT2D eigenvalue weighted by Gasteiger charge is -2.34. The number of nitrogens with one attached hydrogen (secondary N) is 2. The van der Waals surface area contributed by atoms with Crippen molar-refractivity contribution in [1.82, 2.24) is 24.6 Å². The van der Waals surface area contributed by atoms with Crippen molar-refractivity contribution >= 4 is 22.4 Å². The molecule has 0 saturated carbocycles. The zero-order valence-electron chi connectivity index (χ0n) is 22.8. The van der Waals surface area contributed by atoms with Gasteiger partial charge in [-0.05, 0) is 61.9 Å². The molecule has 2 N–H and O–H groups in total. The zero-order valence-corrected chi connectivity index (χ0v) is 22.8. The Kier molecular flexibility index (Phi) is 6.16. The van der Waals surface area contributed by atoms with Crippen LogP contribution in [0.2, 0.25) is 0 Å². The van der Waals surface area contributed by atoms with Crippen LogP contribution in [0.25, 0.3) is 44.5 Å². The van der Waals surface area contributed by atoms with Gasteiger partial charge in [0.1, 0.15) is 5.65 Å². The summed E-state index contributed by atoms with van der Waals surface area (Å²) in [5.74, 6) is 0. The first-order chi connectivity index (χ1) is 18.4. The fraction of sp³-hybridized carbons (Fsp3) is 0.290. The summed E-state index contributed by atoms with van der Waals surface area (Å²) in [6.07, 6.45) is 3.92. The van der Waals surface area contributed by atoms with Crippen molar-refractivity contribution < 1.29 is 0 Å². The molecule has 194 valence electrons. The minimum atomic E-state index is 0.899. The van der Waals surface area contributed by atoms with Crippen molar-refractivity contribution in [1.29, 1.82) is 0 Å². The number of piperazine rings is 1. The maximum Gasteiger partial charge on any atom is 0.138 e. The molecule has 7 nitrogen and oxygen atoms in total. The van der Waals surface area contributed by atoms with E-state index in [0.717, 1.165) is 76.5 Å². The van der Waals surface area contributed by atoms with E-state index in [1.807, 2.05) is 31.2 Å². The average Bonchev–Trinajstić information content (AvgIpc) is 3.50. The molecule has 5 aromatic rings. The maximum absolute atomic E-state index is 4.92. The van der Waals surface area contributed by atoms with Crippen LogP contribution in [0.3, 0.4) is 0 Å². The quantitative estimate of drug-likeness (QED) is 0.320. The number of H-pyrrole nitrogens is 1. The number of anilines is 2. The number of aromatic nitrogens is 4. The van der Waals surface area contributed by atoms with Gasteiger partial charge in [0.2, 0.25) is 0 Å². The molecule has 1 fully saturated rings. The van der Waals surface area contributed by atoms with Gasteiger partial charge in [0, 0.05) is 85.6 Å². The number of hydrogen-bond donors (Lipinski definition) is 2. The molecule has 1 aliphatic rings. The van der Waals surface area contributed by atoms with Gasteiger partial charge >= 0.3 is 0 Å². The lowest BCUT2D eigenvalue weighted by atomic mass is 9.93. The average molecular weight is 506 g/mol. The van der Waals surface area contributed by atoms with Crippen molar-refractivity contribution in [3.63, 3.8) is 0 Å². The molecule has 0 radical (unpaired) electrons. The topological polar surface area (TPSA) is 65.0 Å². The lowest BCUT2D eigenvalue weighted by Crippen LogP contribution is -2.44. The van der Waals surface area contributed by atoms with E-state index in [4.69, 9.17) is 4.98 Å². The highest BCUT2D eigenvalue weighted by Crippen LogP contribution is 2.42. The number of likely N-dealkylation sites (N-methyl/N-ethyl adjacent to an activating group) is 1. The molecule has 3 aromatic heterocycles. The van der Waals surface area contributed by atoms with Gasteiger partial charge in [0.25, 0.3) is 0 Å². The molecule has 1 aliphatic heterocycles. The Morgan fingerprint density at radius 2 is 1.63 bits per heavy atom. The van der Waals surface area contributed by atoms with Crippen molar-refractivity contribution in [2.45, 2.75) is 13.8 Å². The largest absolute Gasteiger partial charge is 0.388 e. The van der Waals surface area contributed by atoms with Crippen molar-refractivity contribution in [3.8, 4) is 33.5 Å². The van der Waals surface area contributed by atoms with E-state index in [9.17, 15) is 0 Å². The number of nitrogens with zero attached hydrogens (tertiary/aromatic N) is 5. The first kappa shape index (κ1) is 24.2. The molecular formula is C31H35N7. The van der Waals surface area contributed by atoms with E-state index in [-0.39, 0.29) is 0 Å². The molecule has 0 spiro atoms. The predicted molar refractivity (Wildman–Crippen MR) is 158 cm³/mol. The standard InChI is InChI=1S/C31H35N7/c1-20-26(27-19-34-37(5)21(27)2)18-33-31-28(20)29(23-7-6-8-24(17-23)32-3)30(35-31)22-9-11-25(12-10-22)38-15-13-36(4)14-16-38/h6-12,17-19,32H,13-16H2,1-5H3,(H,33,35). The van der Waals surface area contributed by atoms with E-state index < -0.39 is 0 Å². The van der Waals surface area contributed by atoms with Crippen LogP contribution in [0.1, 0.15) is 11.3 Å². The summed E-state index contributed by atoms with van der Waals surface area (Å²) < 4.78 is 1.92. The molecule has 6 rings (SSSR count). The molecular weight excluding hydrogens is 470 g/mol. The SMILES string of the molecule is CNc1cccc(-c2c(-c3ccc(N4CCN(C)CC4)cc3)[nH]c3ncc(-c4cnn(C)c4C)c(C)c23)c1. The number of pyridine rings is 1. The van der Waals surface area contributed by atoms with Crippen molar-refractivity contribution in [3.05, 3.63) is 72.2 Å². The smallest absolute Gasteiger partial charge is 0.138 e. The summed E-state index contributed by atoms with van der Waals surface area (Å²) in [5, 5.41) is 8.94. The second kappa shape index (κ2) is 9.65. The highest BCUT2D eigenvalue weighted by Gasteiger charge is 2.22. The van der Waals surface area contributed by atoms with Crippen LogP contribution in [-0.2, 0) is 7.05 Å². The summed E-state index contributed by atoms with van der Waals surface area (Å²) in [7, 11) is 6.13. The fourth-order valence-electron chi connectivity index (χ4n) is 5.58. The Morgan fingerprint density at radius 3 is 2.32 bits per heavy atom. The Balaban J connectivity index is 1.52. The second-order valence-electron chi connectivity index (χ2n) is 10.3. The molecule has 4 heterocycles. The summed E-state index contributed by atoms with van der Waals surface area (Å²) in [6, 6.07) is 17.6. The fourth-order valence-corrected chi connectivity index (χ4v) is 5.58. The van der Waals surface area contributed by atoms with Gasteiger partial charge in [0.05, 0.1) is 11.9 Å². The van der Waals surface area contributed by atoms with Gasteiger partial charge < -0.3 is 20.1 Å². The van der Waals surface area contributed by atoms with Crippen LogP contribution in [0.5, 0.6) is 0 Å². The Bertz CT molecular complexity index is 1600. The first-order valence-electron chi connectivity index (χ1n) is 13.3. The third-order valence-corrected chi connectivity index (χ3v) is 8.07. The van der Waals surface area contributed by atoms with E-state index in [1.54, 1.807) is 0 Å². The number of fused-ring (bicyclic) bond motifs is 1. The van der Waals surface area contributed by atoms with E-state index in [1.165, 1.54) is 16.8 Å². The predicted octanol–water partition coefficient (Wildman–Crippen LogP) is 5.71. The lowest BCUT2D eigenvalue weighted by molar-refractivity contribution is 0.313. The summed E-state index contributed by atoms with van der Waals surface area (Å²) in [5.41, 5.74) is 12.4. The number of benzene rings is 2. The van der Waals surface area contributed by atoms with Crippen LogP contribution in [0.4, 0.5) is 11.4 Å². The van der Waals surface area contributed by atoms with Gasteiger partial charge in [-0.1, -0.05) is 24.3 Å². The number of hydrogen-bond acceptors (Lipinski definition) is 5. The highest BCUT2D eigenvalue weighted by atomic mass is 15.3. The molecule has 0 unspecified atom stereocenters. The highest BCUT2D eigenvalue weighted by molar-refractivity contribution is 6.06. The van der Waals surface area contributed by atoms with E-state index in [2.05, 4.69) is 94.6 Å². The Labute approximate surface area is 224 Å². The van der Waals surface area contributed by atoms with Crippen LogP contribution >= 0.6 is 0 Å². The van der Waals surface area contributed by atoms with Gasteiger partial charge in [-0.15, -0.1) is 0 Å². The van der Waals surface area contributed by atoms with Crippen molar-refractivity contribution in [2.75, 3.05) is 50.5 Å². The molecule has 0 amide bonds. The van der Waals surface area contributed by atoms with E-state index >= 15 is 0 Å². The number of aryl methyl sites for hydroxylation is 2. The van der Waals surface area contributed by atoms with Gasteiger partial charge in [-0.2, -0.15) is 5.10 Å². The number of aromatic amines is 1. The van der Waals surface area contributed by atoms with Crippen molar-refractivity contribution in [2.24, 2.45) is 7.05 Å². The molecule has 2 aromatic carbocycles. The normalized spacial score (nSPS) is 14.4. The van der Waals surface area contributed by atoms with Crippen LogP contribution in [0, 0.1) is 13.8 Å². The first-order valence-corrected chi connectivity index (χ1v) is 13.3. The molecule has 7 heteroatoms. The Hall–Kier alpha value is -4.10. The molecule has 0 bridgehead atoms. The maximum atomic E-state index is 4.92. The summed E-state index contributed by atoms with van der Waals surface area (Å²) >= 11 is 0. The van der Waals surface area contributed by atoms with Gasteiger partial charge in [-0.25, -0.2) is 4.98 Å². The van der Waals surface area contributed by atoms with Gasteiger partial charge in [-0.3, -0.25) is 4.68 Å². The third-order valence-electron chi connectivity index (χ3n) is 8.07. The van der Waals surface area contributed by atoms with E-state index in [0.29, 0.717) is 0 Å². The summed E-state index contributed by atoms with van der Waals surface area (Å²) in [4.78, 5) is 13.5. The molecule has 0 atom stereocenters. The monoisotopic (exact) mass is 505 g/mol. The summed E-state index contributed by atoms with van der Waals surface area (Å²) in [6.45, 7) is 8.62. The Morgan fingerprint density at radius 1 is 0.868 bits per heavy atom. The minimum absolute atomic E-state index is 0.899. The van der Waals surface area contributed by atoms with Crippen LogP contribution in [-0.4, -0.2) is 64.9 Å². The molecule has 0 aliphatic carbocycles. The number of rotatable bonds is 5. The second-order valence-corrected chi connectivity index (χ2v) is 10.3. The molecule has 38 heavy (non-hydrogen) atoms. The minimum Gasteiger partial charge on any atom is -0.388 e.